The average Bonchev–Trinajstić information content (AvgIpc) is 3.61. The number of likely N-dealkylation sites (tertiary alicyclic amines) is 2. The van der Waals surface area contributed by atoms with Gasteiger partial charge in [0.1, 0.15) is 17.9 Å². The van der Waals surface area contributed by atoms with Crippen molar-refractivity contribution in [1.29, 1.82) is 0 Å². The minimum atomic E-state index is -0.973. The zero-order valence-corrected chi connectivity index (χ0v) is 32.7. The van der Waals surface area contributed by atoms with Crippen molar-refractivity contribution >= 4 is 45.4 Å². The van der Waals surface area contributed by atoms with E-state index < -0.39 is 29.7 Å². The molecule has 58 heavy (non-hydrogen) atoms. The number of nitrogens with one attached hydrogen (secondary N) is 1. The SMILES string of the molecule is Cn1c2ccncc2c2ccc(-c3ccc(OC4CC(CN5CC6(CN(CCCCCOc7ccc8c(c7)C(=O)N(C7CCC(=O)NC7=O)C8=O)C6)C5)C4)nc3)cc21. The minimum Gasteiger partial charge on any atom is -0.494 e. The van der Waals surface area contributed by atoms with E-state index >= 15 is 0 Å². The molecule has 5 aliphatic rings. The first kappa shape index (κ1) is 36.7. The molecule has 13 heteroatoms. The van der Waals surface area contributed by atoms with E-state index in [1.165, 1.54) is 48.0 Å². The molecule has 1 unspecified atom stereocenters. The molecule has 4 aliphatic heterocycles. The molecule has 1 aliphatic carbocycles. The van der Waals surface area contributed by atoms with Crippen LogP contribution in [0.25, 0.3) is 32.9 Å². The number of benzene rings is 2. The van der Waals surface area contributed by atoms with Crippen molar-refractivity contribution in [3.8, 4) is 22.8 Å². The summed E-state index contributed by atoms with van der Waals surface area (Å²) < 4.78 is 14.4. The number of unbranched alkanes of at least 4 members (excludes halogenated alkanes) is 2. The zero-order chi connectivity index (χ0) is 39.5. The molecule has 4 amide bonds. The van der Waals surface area contributed by atoms with Gasteiger partial charge in [0.15, 0.2) is 0 Å². The van der Waals surface area contributed by atoms with E-state index in [9.17, 15) is 19.2 Å². The molecule has 10 rings (SSSR count). The summed E-state index contributed by atoms with van der Waals surface area (Å²) >= 11 is 0. The fourth-order valence-electron chi connectivity index (χ4n) is 9.95. The number of rotatable bonds is 13. The van der Waals surface area contributed by atoms with Gasteiger partial charge in [0.05, 0.1) is 23.3 Å². The normalized spacial score (nSPS) is 22.8. The Morgan fingerprint density at radius 3 is 2.43 bits per heavy atom. The third-order valence-corrected chi connectivity index (χ3v) is 12.9. The van der Waals surface area contributed by atoms with E-state index in [1.807, 2.05) is 24.7 Å². The molecule has 7 heterocycles. The highest BCUT2D eigenvalue weighted by atomic mass is 16.5. The number of carbonyl (C=O) groups excluding carboxylic acids is 4. The lowest BCUT2D eigenvalue weighted by molar-refractivity contribution is -0.136. The maximum Gasteiger partial charge on any atom is 0.262 e. The molecule has 3 saturated heterocycles. The standard InChI is InChI=1S/C45H47N7O6/c1-49-37-13-14-46-22-36(37)33-8-5-29(19-39(33)49)30-6-12-41(47-21-30)58-32-17-28(18-32)23-51-26-45(27-51)24-50(25-45)15-3-2-4-16-57-31-7-9-34-35(20-31)44(56)52(43(34)55)38-10-11-40(53)48-42(38)54/h5-9,12-14,19-22,28,32,38H,2-4,10-11,15-18,23-27H2,1H3,(H,48,53,54). The van der Waals surface area contributed by atoms with Crippen LogP contribution in [0.3, 0.4) is 0 Å². The molecule has 0 radical (unpaired) electrons. The third-order valence-electron chi connectivity index (χ3n) is 12.9. The van der Waals surface area contributed by atoms with Crippen molar-refractivity contribution in [3.05, 3.63) is 84.3 Å². The maximum absolute atomic E-state index is 13.1. The minimum absolute atomic E-state index is 0.0931. The van der Waals surface area contributed by atoms with Crippen LogP contribution in [0.1, 0.15) is 65.7 Å². The fourth-order valence-corrected chi connectivity index (χ4v) is 9.95. The molecule has 2 aromatic carbocycles. The van der Waals surface area contributed by atoms with Gasteiger partial charge in [0.2, 0.25) is 17.7 Å². The van der Waals surface area contributed by atoms with Gasteiger partial charge in [-0.3, -0.25) is 34.4 Å². The number of hydrogen-bond donors (Lipinski definition) is 1. The van der Waals surface area contributed by atoms with Gasteiger partial charge in [0, 0.05) is 98.1 Å². The topological polar surface area (TPSA) is 139 Å². The molecule has 1 N–H and O–H groups in total. The number of ether oxygens (including phenoxy) is 2. The van der Waals surface area contributed by atoms with Crippen LogP contribution in [-0.2, 0) is 16.6 Å². The van der Waals surface area contributed by atoms with Crippen molar-refractivity contribution in [2.45, 2.75) is 57.1 Å². The first-order valence-electron chi connectivity index (χ1n) is 20.6. The van der Waals surface area contributed by atoms with Crippen molar-refractivity contribution < 1.29 is 28.7 Å². The number of fused-ring (bicyclic) bond motifs is 4. The molecule has 4 fully saturated rings. The van der Waals surface area contributed by atoms with E-state index in [0.29, 0.717) is 29.6 Å². The molecular weight excluding hydrogens is 735 g/mol. The van der Waals surface area contributed by atoms with E-state index in [0.717, 1.165) is 61.2 Å². The summed E-state index contributed by atoms with van der Waals surface area (Å²) in [5.74, 6) is -0.120. The number of aryl methyl sites for hydroxylation is 1. The average molecular weight is 782 g/mol. The second-order valence-electron chi connectivity index (χ2n) is 17.1. The van der Waals surface area contributed by atoms with Crippen LogP contribution in [0.5, 0.6) is 11.6 Å². The Morgan fingerprint density at radius 2 is 1.62 bits per heavy atom. The van der Waals surface area contributed by atoms with Crippen molar-refractivity contribution in [2.75, 3.05) is 45.9 Å². The Morgan fingerprint density at radius 1 is 0.810 bits per heavy atom. The Labute approximate surface area is 336 Å². The number of aromatic nitrogens is 3. The zero-order valence-electron chi connectivity index (χ0n) is 32.7. The van der Waals surface area contributed by atoms with Crippen LogP contribution < -0.4 is 14.8 Å². The van der Waals surface area contributed by atoms with Crippen molar-refractivity contribution in [1.82, 2.24) is 34.6 Å². The van der Waals surface area contributed by atoms with Crippen molar-refractivity contribution in [3.63, 3.8) is 0 Å². The predicted octanol–water partition coefficient (Wildman–Crippen LogP) is 5.21. The van der Waals surface area contributed by atoms with Crippen LogP contribution >= 0.6 is 0 Å². The highest BCUT2D eigenvalue weighted by Crippen LogP contribution is 2.42. The Balaban J connectivity index is 0.597. The molecule has 1 saturated carbocycles. The number of carbonyl (C=O) groups is 4. The van der Waals surface area contributed by atoms with Crippen LogP contribution in [0, 0.1) is 11.3 Å². The van der Waals surface area contributed by atoms with Gasteiger partial charge >= 0.3 is 0 Å². The number of nitrogens with zero attached hydrogens (tertiary/aromatic N) is 6. The molecule has 1 atom stereocenters. The summed E-state index contributed by atoms with van der Waals surface area (Å²) in [7, 11) is 2.10. The number of hydrogen-bond acceptors (Lipinski definition) is 10. The summed E-state index contributed by atoms with van der Waals surface area (Å²) in [6, 6.07) is 16.6. The Kier molecular flexibility index (Phi) is 9.24. The Bertz CT molecular complexity index is 2440. The predicted molar refractivity (Wildman–Crippen MR) is 216 cm³/mol. The first-order valence-corrected chi connectivity index (χ1v) is 20.6. The van der Waals surface area contributed by atoms with Crippen LogP contribution in [0.2, 0.25) is 0 Å². The highest BCUT2D eigenvalue weighted by molar-refractivity contribution is 6.23. The molecule has 3 aromatic heterocycles. The maximum atomic E-state index is 13.1. The lowest BCUT2D eigenvalue weighted by Crippen LogP contribution is -2.72. The summed E-state index contributed by atoms with van der Waals surface area (Å²) in [5, 5.41) is 4.60. The van der Waals surface area contributed by atoms with Gasteiger partial charge in [-0.1, -0.05) is 12.1 Å². The summed E-state index contributed by atoms with van der Waals surface area (Å²) in [5.41, 5.74) is 5.54. The lowest BCUT2D eigenvalue weighted by Gasteiger charge is -2.61. The molecule has 0 bridgehead atoms. The summed E-state index contributed by atoms with van der Waals surface area (Å²) in [4.78, 5) is 65.0. The number of amides is 4. The van der Waals surface area contributed by atoms with E-state index in [-0.39, 0.29) is 30.1 Å². The molecule has 5 aromatic rings. The summed E-state index contributed by atoms with van der Waals surface area (Å²) in [6.45, 7) is 7.55. The van der Waals surface area contributed by atoms with Gasteiger partial charge in [-0.2, -0.15) is 0 Å². The first-order chi connectivity index (χ1) is 28.2. The molecule has 13 nitrogen and oxygen atoms in total. The number of imide groups is 2. The quantitative estimate of drug-likeness (QED) is 0.125. The number of pyridine rings is 2. The van der Waals surface area contributed by atoms with Gasteiger partial charge in [-0.15, -0.1) is 0 Å². The monoisotopic (exact) mass is 781 g/mol. The van der Waals surface area contributed by atoms with Crippen molar-refractivity contribution in [2.24, 2.45) is 18.4 Å². The van der Waals surface area contributed by atoms with E-state index in [1.54, 1.807) is 18.2 Å². The highest BCUT2D eigenvalue weighted by Gasteiger charge is 2.52. The van der Waals surface area contributed by atoms with Gasteiger partial charge < -0.3 is 23.8 Å². The fraction of sp³-hybridized carbons (Fsp3) is 0.422. The van der Waals surface area contributed by atoms with E-state index in [4.69, 9.17) is 9.47 Å². The second kappa shape index (κ2) is 14.6. The molecular formula is C45H47N7O6. The number of piperidine rings is 1. The smallest absolute Gasteiger partial charge is 0.262 e. The second-order valence-corrected chi connectivity index (χ2v) is 17.1. The van der Waals surface area contributed by atoms with Crippen LogP contribution in [-0.4, -0.2) is 111 Å². The van der Waals surface area contributed by atoms with E-state index in [2.05, 4.69) is 67.0 Å². The Hall–Kier alpha value is -5.66. The van der Waals surface area contributed by atoms with Crippen LogP contribution in [0.4, 0.5) is 0 Å². The molecule has 298 valence electrons. The lowest BCUT2D eigenvalue weighted by atomic mass is 9.71. The van der Waals surface area contributed by atoms with Gasteiger partial charge in [-0.25, -0.2) is 4.98 Å². The van der Waals surface area contributed by atoms with Gasteiger partial charge in [-0.05, 0) is 92.9 Å². The largest absolute Gasteiger partial charge is 0.494 e. The summed E-state index contributed by atoms with van der Waals surface area (Å²) in [6.07, 6.45) is 11.4. The van der Waals surface area contributed by atoms with Crippen LogP contribution in [0.15, 0.2) is 73.2 Å². The molecule has 1 spiro atoms. The third kappa shape index (κ3) is 6.69. The van der Waals surface area contributed by atoms with Gasteiger partial charge in [0.25, 0.3) is 11.8 Å².